The van der Waals surface area contributed by atoms with Crippen molar-refractivity contribution in [2.24, 2.45) is 5.92 Å². The van der Waals surface area contributed by atoms with Gasteiger partial charge in [0.2, 0.25) is 0 Å². The van der Waals surface area contributed by atoms with E-state index in [2.05, 4.69) is 47.2 Å². The second-order valence-electron chi connectivity index (χ2n) is 6.47. The van der Waals surface area contributed by atoms with E-state index in [9.17, 15) is 0 Å². The van der Waals surface area contributed by atoms with Crippen LogP contribution in [0.4, 0.5) is 0 Å². The number of hydrogen-bond acceptors (Lipinski definition) is 4. The highest BCUT2D eigenvalue weighted by Gasteiger charge is 2.19. The van der Waals surface area contributed by atoms with Crippen LogP contribution in [-0.2, 0) is 13.1 Å². The van der Waals surface area contributed by atoms with Gasteiger partial charge < -0.3 is 5.32 Å². The van der Waals surface area contributed by atoms with Crippen LogP contribution in [0, 0.1) is 19.8 Å². The van der Waals surface area contributed by atoms with E-state index < -0.39 is 0 Å². The van der Waals surface area contributed by atoms with Crippen LogP contribution in [0.1, 0.15) is 28.1 Å². The summed E-state index contributed by atoms with van der Waals surface area (Å²) in [6.45, 7) is 9.46. The molecule has 0 spiro atoms. The van der Waals surface area contributed by atoms with E-state index in [0.29, 0.717) is 0 Å². The van der Waals surface area contributed by atoms with Crippen molar-refractivity contribution in [3.8, 4) is 0 Å². The number of benzene rings is 1. The molecule has 1 saturated heterocycles. The zero-order valence-corrected chi connectivity index (χ0v) is 16.6. The molecule has 6 heteroatoms. The van der Waals surface area contributed by atoms with Gasteiger partial charge in [0.05, 0.1) is 11.2 Å². The molecule has 3 nitrogen and oxygen atoms in total. The van der Waals surface area contributed by atoms with Gasteiger partial charge in [0.25, 0.3) is 0 Å². The molecule has 0 amide bonds. The van der Waals surface area contributed by atoms with Crippen molar-refractivity contribution in [1.82, 2.24) is 15.2 Å². The number of hydrogen-bond donors (Lipinski definition) is 1. The molecule has 1 N–H and O–H groups in total. The van der Waals surface area contributed by atoms with Gasteiger partial charge in [0.1, 0.15) is 0 Å². The molecule has 3 rings (SSSR count). The van der Waals surface area contributed by atoms with E-state index in [1.54, 1.807) is 11.3 Å². The summed E-state index contributed by atoms with van der Waals surface area (Å²) in [5.41, 5.74) is 5.53. The Balaban J connectivity index is 0.00000208. The summed E-state index contributed by atoms with van der Waals surface area (Å²) in [6.07, 6.45) is 1.27. The molecule has 24 heavy (non-hydrogen) atoms. The summed E-state index contributed by atoms with van der Waals surface area (Å²) in [7, 11) is 0. The van der Waals surface area contributed by atoms with Crippen molar-refractivity contribution < 1.29 is 0 Å². The van der Waals surface area contributed by atoms with Crippen LogP contribution in [0.3, 0.4) is 0 Å². The first kappa shape index (κ1) is 19.7. The number of aryl methyl sites for hydroxylation is 2. The first-order valence-corrected chi connectivity index (χ1v) is 9.44. The lowest BCUT2D eigenvalue weighted by Gasteiger charge is -2.25. The van der Waals surface area contributed by atoms with Crippen LogP contribution in [-0.4, -0.2) is 29.5 Å². The highest BCUT2D eigenvalue weighted by molar-refractivity contribution is 7.09. The van der Waals surface area contributed by atoms with Gasteiger partial charge in [-0.05, 0) is 56.5 Å². The quantitative estimate of drug-likeness (QED) is 0.795. The van der Waals surface area contributed by atoms with Gasteiger partial charge >= 0.3 is 0 Å². The first-order chi connectivity index (χ1) is 11.1. The van der Waals surface area contributed by atoms with Crippen LogP contribution in [0.25, 0.3) is 0 Å². The van der Waals surface area contributed by atoms with Crippen molar-refractivity contribution in [2.75, 3.05) is 19.6 Å². The van der Waals surface area contributed by atoms with Gasteiger partial charge in [-0.15, -0.1) is 23.7 Å². The summed E-state index contributed by atoms with van der Waals surface area (Å²) in [6, 6.07) is 6.42. The average Bonchev–Trinajstić information content (AvgIpc) is 3.16. The van der Waals surface area contributed by atoms with E-state index in [1.807, 2.05) is 5.51 Å². The zero-order valence-electron chi connectivity index (χ0n) is 14.2. The van der Waals surface area contributed by atoms with E-state index in [1.165, 1.54) is 16.9 Å². The van der Waals surface area contributed by atoms with Gasteiger partial charge in [-0.25, -0.2) is 4.98 Å². The Morgan fingerprint density at radius 2 is 2.17 bits per heavy atom. The van der Waals surface area contributed by atoms with Crippen molar-refractivity contribution in [3.63, 3.8) is 0 Å². The van der Waals surface area contributed by atoms with Crippen molar-refractivity contribution >= 4 is 35.3 Å². The molecular formula is C18H25Cl2N3S. The molecule has 2 aromatic rings. The fourth-order valence-corrected chi connectivity index (χ4v) is 4.12. The molecule has 1 unspecified atom stereocenters. The average molecular weight is 386 g/mol. The third-order valence-electron chi connectivity index (χ3n) is 4.53. The maximum Gasteiger partial charge on any atom is 0.0798 e. The maximum atomic E-state index is 6.30. The summed E-state index contributed by atoms with van der Waals surface area (Å²) in [4.78, 5) is 8.30. The van der Waals surface area contributed by atoms with Crippen LogP contribution in [0.5, 0.6) is 0 Å². The Morgan fingerprint density at radius 1 is 1.33 bits per heavy atom. The molecular weight excluding hydrogens is 361 g/mol. The first-order valence-electron chi connectivity index (χ1n) is 8.19. The van der Waals surface area contributed by atoms with E-state index in [4.69, 9.17) is 11.6 Å². The molecule has 0 aliphatic carbocycles. The molecule has 1 aromatic heterocycles. The predicted octanol–water partition coefficient (Wildman–Crippen LogP) is 4.45. The minimum absolute atomic E-state index is 0. The predicted molar refractivity (Wildman–Crippen MR) is 105 cm³/mol. The normalized spacial score (nSPS) is 17.2. The van der Waals surface area contributed by atoms with Gasteiger partial charge in [0.15, 0.2) is 0 Å². The molecule has 1 aliphatic heterocycles. The largest absolute Gasteiger partial charge is 0.316 e. The molecule has 1 aromatic carbocycles. The summed E-state index contributed by atoms with van der Waals surface area (Å²) >= 11 is 8.06. The zero-order chi connectivity index (χ0) is 16.2. The van der Waals surface area contributed by atoms with Gasteiger partial charge in [-0.3, -0.25) is 4.90 Å². The third kappa shape index (κ3) is 5.17. The van der Waals surface area contributed by atoms with Crippen molar-refractivity contribution in [2.45, 2.75) is 33.4 Å². The highest BCUT2D eigenvalue weighted by atomic mass is 35.5. The summed E-state index contributed by atoms with van der Waals surface area (Å²) in [5.74, 6) is 0.740. The fraction of sp³-hybridized carbons (Fsp3) is 0.500. The molecule has 1 aliphatic rings. The lowest BCUT2D eigenvalue weighted by Crippen LogP contribution is -2.30. The van der Waals surface area contributed by atoms with E-state index in [-0.39, 0.29) is 12.4 Å². The molecule has 1 fully saturated rings. The Morgan fingerprint density at radius 3 is 2.79 bits per heavy atom. The minimum Gasteiger partial charge on any atom is -0.316 e. The monoisotopic (exact) mass is 385 g/mol. The van der Waals surface area contributed by atoms with Crippen LogP contribution >= 0.6 is 35.3 Å². The number of halogens is 2. The topological polar surface area (TPSA) is 28.2 Å². The highest BCUT2D eigenvalue weighted by Crippen LogP contribution is 2.22. The van der Waals surface area contributed by atoms with Crippen LogP contribution in [0.15, 0.2) is 23.7 Å². The Hall–Kier alpha value is -0.650. The van der Waals surface area contributed by atoms with Crippen LogP contribution < -0.4 is 5.32 Å². The second-order valence-corrected chi connectivity index (χ2v) is 7.82. The molecule has 0 bridgehead atoms. The van der Waals surface area contributed by atoms with Gasteiger partial charge in [0, 0.05) is 29.5 Å². The number of nitrogens with zero attached hydrogens (tertiary/aromatic N) is 2. The molecule has 132 valence electrons. The Labute approximate surface area is 159 Å². The van der Waals surface area contributed by atoms with E-state index in [0.717, 1.165) is 54.9 Å². The molecule has 0 radical (unpaired) electrons. The SMILES string of the molecule is Cc1ccc(CN(Cc2scnc2C)CC2CCNC2)cc1Cl.Cl. The van der Waals surface area contributed by atoms with E-state index >= 15 is 0 Å². The number of rotatable bonds is 6. The van der Waals surface area contributed by atoms with Crippen LogP contribution in [0.2, 0.25) is 5.02 Å². The standard InChI is InChI=1S/C18H24ClN3S.ClH/c1-13-3-4-15(7-17(13)19)9-22(10-16-5-6-20-8-16)11-18-14(2)21-12-23-18;/h3-4,7,12,16,20H,5-6,8-11H2,1-2H3;1H. The van der Waals surface area contributed by atoms with Crippen molar-refractivity contribution in [1.29, 1.82) is 0 Å². The summed E-state index contributed by atoms with van der Waals surface area (Å²) < 4.78 is 0. The minimum atomic E-state index is 0. The Bertz CT molecular complexity index is 653. The van der Waals surface area contributed by atoms with Gasteiger partial charge in [-0.1, -0.05) is 23.7 Å². The summed E-state index contributed by atoms with van der Waals surface area (Å²) in [5, 5.41) is 4.33. The van der Waals surface area contributed by atoms with Gasteiger partial charge in [-0.2, -0.15) is 0 Å². The lowest BCUT2D eigenvalue weighted by atomic mass is 10.1. The number of nitrogens with one attached hydrogen (secondary N) is 1. The fourth-order valence-electron chi connectivity index (χ4n) is 3.09. The second kappa shape index (κ2) is 9.16. The molecule has 2 heterocycles. The number of aromatic nitrogens is 1. The van der Waals surface area contributed by atoms with Crippen molar-refractivity contribution in [3.05, 3.63) is 50.4 Å². The Kier molecular flexibility index (Phi) is 7.51. The third-order valence-corrected chi connectivity index (χ3v) is 5.86. The maximum absolute atomic E-state index is 6.30. The molecule has 0 saturated carbocycles. The lowest BCUT2D eigenvalue weighted by molar-refractivity contribution is 0.222. The number of thiazole rings is 1. The molecule has 1 atom stereocenters. The smallest absolute Gasteiger partial charge is 0.0798 e.